The number of aromatic nitrogens is 2. The van der Waals surface area contributed by atoms with Crippen LogP contribution in [0.4, 0.5) is 0 Å². The largest absolute Gasteiger partial charge is 0.292 e. The van der Waals surface area contributed by atoms with Crippen LogP contribution in [-0.4, -0.2) is 21.9 Å². The minimum Gasteiger partial charge on any atom is -0.267 e. The molecule has 0 fully saturated rings. The predicted molar refractivity (Wildman–Crippen MR) is 98.4 cm³/mol. The number of rotatable bonds is 4. The van der Waals surface area contributed by atoms with Gasteiger partial charge in [0.2, 0.25) is 0 Å². The number of allylic oxidation sites excluding steroid dienone is 1. The number of aryl methyl sites for hydroxylation is 1. The van der Waals surface area contributed by atoms with Crippen molar-refractivity contribution >= 4 is 29.0 Å². The van der Waals surface area contributed by atoms with Gasteiger partial charge in [-0.25, -0.2) is 10.1 Å². The summed E-state index contributed by atoms with van der Waals surface area (Å²) >= 11 is 0. The molecular formula is C19H16N4O2. The number of fused-ring (bicyclic) bond motifs is 1. The molecule has 3 aromatic rings. The summed E-state index contributed by atoms with van der Waals surface area (Å²) in [5, 5.41) is 8.87. The van der Waals surface area contributed by atoms with Crippen molar-refractivity contribution in [3.63, 3.8) is 0 Å². The van der Waals surface area contributed by atoms with E-state index in [0.29, 0.717) is 10.8 Å². The molecule has 1 amide bonds. The summed E-state index contributed by atoms with van der Waals surface area (Å²) in [6, 6.07) is 16.6. The molecule has 25 heavy (non-hydrogen) atoms. The number of hydrogen-bond donors (Lipinski definition) is 1. The van der Waals surface area contributed by atoms with Crippen LogP contribution in [0.1, 0.15) is 16.1 Å². The van der Waals surface area contributed by atoms with Crippen molar-refractivity contribution in [3.05, 3.63) is 82.3 Å². The van der Waals surface area contributed by atoms with Gasteiger partial charge in [0.05, 0.1) is 5.39 Å². The highest BCUT2D eigenvalue weighted by Gasteiger charge is 2.14. The van der Waals surface area contributed by atoms with Gasteiger partial charge in [-0.1, -0.05) is 54.6 Å². The molecule has 0 radical (unpaired) electrons. The molecule has 6 heteroatoms. The molecule has 1 heterocycles. The van der Waals surface area contributed by atoms with Gasteiger partial charge >= 0.3 is 0 Å². The Morgan fingerprint density at radius 1 is 1.08 bits per heavy atom. The zero-order valence-corrected chi connectivity index (χ0v) is 13.6. The zero-order valence-electron chi connectivity index (χ0n) is 13.6. The number of nitrogens with one attached hydrogen (secondary N) is 1. The zero-order chi connectivity index (χ0) is 17.6. The number of nitrogens with zero attached hydrogens (tertiary/aromatic N) is 3. The molecule has 0 unspecified atom stereocenters. The van der Waals surface area contributed by atoms with Gasteiger partial charge in [-0.15, -0.1) is 0 Å². The lowest BCUT2D eigenvalue weighted by Crippen LogP contribution is -2.27. The molecule has 0 bridgehead atoms. The summed E-state index contributed by atoms with van der Waals surface area (Å²) in [5.41, 5.74) is 3.36. The quantitative estimate of drug-likeness (QED) is 0.588. The Hall–Kier alpha value is -3.54. The Balaban J connectivity index is 1.77. The van der Waals surface area contributed by atoms with Gasteiger partial charge in [0.1, 0.15) is 0 Å². The van der Waals surface area contributed by atoms with Crippen molar-refractivity contribution in [2.24, 2.45) is 12.1 Å². The third-order valence-electron chi connectivity index (χ3n) is 3.59. The van der Waals surface area contributed by atoms with E-state index in [9.17, 15) is 9.59 Å². The normalized spacial score (nSPS) is 11.4. The molecule has 3 rings (SSSR count). The molecule has 0 aliphatic heterocycles. The maximum absolute atomic E-state index is 12.3. The van der Waals surface area contributed by atoms with E-state index in [4.69, 9.17) is 0 Å². The first kappa shape index (κ1) is 16.3. The topological polar surface area (TPSA) is 76.3 Å². The average Bonchev–Trinajstić information content (AvgIpc) is 2.65. The number of carbonyl (C=O) groups excluding carboxylic acids is 1. The summed E-state index contributed by atoms with van der Waals surface area (Å²) in [6.45, 7) is 0. The Bertz CT molecular complexity index is 1020. The minimum absolute atomic E-state index is 0.155. The number of hydrazone groups is 1. The number of carbonyl (C=O) groups is 1. The van der Waals surface area contributed by atoms with Crippen LogP contribution in [0.15, 0.2) is 70.6 Å². The van der Waals surface area contributed by atoms with E-state index in [1.165, 1.54) is 13.3 Å². The van der Waals surface area contributed by atoms with Gasteiger partial charge in [-0.05, 0) is 17.7 Å². The molecule has 0 aliphatic carbocycles. The van der Waals surface area contributed by atoms with Crippen molar-refractivity contribution in [2.75, 3.05) is 0 Å². The van der Waals surface area contributed by atoms with Crippen LogP contribution >= 0.6 is 0 Å². The first-order valence-electron chi connectivity index (χ1n) is 7.68. The Morgan fingerprint density at radius 3 is 2.52 bits per heavy atom. The van der Waals surface area contributed by atoms with Gasteiger partial charge in [0.25, 0.3) is 11.5 Å². The SMILES string of the molecule is Cn1nc(C(=O)N/N=C\C=C\c2ccccc2)c2ccccc2c1=O. The standard InChI is InChI=1S/C19H16N4O2/c1-23-19(25)16-12-6-5-11-15(16)17(22-23)18(24)21-20-13-7-10-14-8-3-2-4-9-14/h2-13H,1H3,(H,21,24)/b10-7+,20-13-. The van der Waals surface area contributed by atoms with Crippen LogP contribution in [-0.2, 0) is 7.05 Å². The van der Waals surface area contributed by atoms with Gasteiger partial charge in [-0.2, -0.15) is 10.2 Å². The molecule has 0 aliphatic rings. The summed E-state index contributed by atoms with van der Waals surface area (Å²) in [7, 11) is 1.51. The highest BCUT2D eigenvalue weighted by molar-refractivity contribution is 6.04. The van der Waals surface area contributed by atoms with Crippen LogP contribution in [0.2, 0.25) is 0 Å². The summed E-state index contributed by atoms with van der Waals surface area (Å²) in [6.07, 6.45) is 5.08. The molecule has 1 N–H and O–H groups in total. The Morgan fingerprint density at radius 2 is 1.76 bits per heavy atom. The highest BCUT2D eigenvalue weighted by Crippen LogP contribution is 2.12. The first-order chi connectivity index (χ1) is 12.2. The summed E-state index contributed by atoms with van der Waals surface area (Å²) in [4.78, 5) is 24.4. The third kappa shape index (κ3) is 3.69. The summed E-state index contributed by atoms with van der Waals surface area (Å²) < 4.78 is 1.15. The number of benzene rings is 2. The van der Waals surface area contributed by atoms with Crippen molar-refractivity contribution in [1.29, 1.82) is 0 Å². The van der Waals surface area contributed by atoms with Crippen molar-refractivity contribution in [1.82, 2.24) is 15.2 Å². The van der Waals surface area contributed by atoms with E-state index in [0.717, 1.165) is 10.2 Å². The fraction of sp³-hybridized carbons (Fsp3) is 0.0526. The van der Waals surface area contributed by atoms with E-state index in [-0.39, 0.29) is 11.3 Å². The Kier molecular flexibility index (Phi) is 4.80. The average molecular weight is 332 g/mol. The predicted octanol–water partition coefficient (Wildman–Crippen LogP) is 2.36. The monoisotopic (exact) mass is 332 g/mol. The van der Waals surface area contributed by atoms with Crippen LogP contribution < -0.4 is 11.0 Å². The fourth-order valence-corrected chi connectivity index (χ4v) is 2.38. The maximum Gasteiger partial charge on any atom is 0.292 e. The summed E-state index contributed by atoms with van der Waals surface area (Å²) in [5.74, 6) is -0.476. The lowest BCUT2D eigenvalue weighted by atomic mass is 10.1. The second kappa shape index (κ2) is 7.35. The van der Waals surface area contributed by atoms with E-state index in [1.807, 2.05) is 36.4 Å². The van der Waals surface area contributed by atoms with E-state index in [2.05, 4.69) is 15.6 Å². The lowest BCUT2D eigenvalue weighted by Gasteiger charge is -2.06. The Labute approximate surface area is 144 Å². The third-order valence-corrected chi connectivity index (χ3v) is 3.59. The molecule has 124 valence electrons. The highest BCUT2D eigenvalue weighted by atomic mass is 16.2. The maximum atomic E-state index is 12.3. The molecular weight excluding hydrogens is 316 g/mol. The van der Waals surface area contributed by atoms with E-state index in [1.54, 1.807) is 30.3 Å². The first-order valence-corrected chi connectivity index (χ1v) is 7.68. The van der Waals surface area contributed by atoms with Gasteiger partial charge in [0, 0.05) is 18.6 Å². The minimum atomic E-state index is -0.476. The molecule has 0 atom stereocenters. The smallest absolute Gasteiger partial charge is 0.267 e. The van der Waals surface area contributed by atoms with Crippen LogP contribution in [0.5, 0.6) is 0 Å². The molecule has 0 saturated heterocycles. The fourth-order valence-electron chi connectivity index (χ4n) is 2.38. The van der Waals surface area contributed by atoms with E-state index < -0.39 is 5.91 Å². The van der Waals surface area contributed by atoms with Crippen LogP contribution in [0.25, 0.3) is 16.8 Å². The van der Waals surface area contributed by atoms with Crippen molar-refractivity contribution in [2.45, 2.75) is 0 Å². The van der Waals surface area contributed by atoms with Crippen LogP contribution in [0, 0.1) is 0 Å². The van der Waals surface area contributed by atoms with Crippen molar-refractivity contribution < 1.29 is 4.79 Å². The molecule has 2 aromatic carbocycles. The van der Waals surface area contributed by atoms with E-state index >= 15 is 0 Å². The molecule has 0 spiro atoms. The van der Waals surface area contributed by atoms with Gasteiger partial charge in [0.15, 0.2) is 5.69 Å². The molecule has 6 nitrogen and oxygen atoms in total. The number of amides is 1. The number of hydrogen-bond acceptors (Lipinski definition) is 4. The van der Waals surface area contributed by atoms with Gasteiger partial charge in [-0.3, -0.25) is 9.59 Å². The van der Waals surface area contributed by atoms with Gasteiger partial charge < -0.3 is 0 Å². The van der Waals surface area contributed by atoms with Crippen LogP contribution in [0.3, 0.4) is 0 Å². The molecule has 1 aromatic heterocycles. The second-order valence-electron chi connectivity index (χ2n) is 5.31. The van der Waals surface area contributed by atoms with Crippen molar-refractivity contribution in [3.8, 4) is 0 Å². The molecule has 0 saturated carbocycles. The second-order valence-corrected chi connectivity index (χ2v) is 5.31. The lowest BCUT2D eigenvalue weighted by molar-refractivity contribution is 0.0950.